The Kier molecular flexibility index (Phi) is 11.7. The van der Waals surface area contributed by atoms with Crippen molar-refractivity contribution in [3.8, 4) is 33.6 Å². The molecule has 0 unspecified atom stereocenters. The van der Waals surface area contributed by atoms with Crippen LogP contribution in [0, 0.1) is 17.7 Å². The van der Waals surface area contributed by atoms with Crippen LogP contribution < -0.4 is 5.32 Å². The van der Waals surface area contributed by atoms with Crippen molar-refractivity contribution in [2.24, 2.45) is 11.8 Å². The van der Waals surface area contributed by atoms with Crippen LogP contribution >= 0.6 is 0 Å². The van der Waals surface area contributed by atoms with E-state index >= 15 is 4.39 Å². The summed E-state index contributed by atoms with van der Waals surface area (Å²) in [5, 5.41) is 12.1. The lowest BCUT2D eigenvalue weighted by Crippen LogP contribution is -2.52. The Hall–Kier alpha value is -5.87. The average Bonchev–Trinajstić information content (AvgIpc) is 3.99. The number of alkyl carbamates (subject to hydrolysis) is 1. The Labute approximate surface area is 327 Å². The number of H-pyrrole nitrogens is 2. The van der Waals surface area contributed by atoms with E-state index < -0.39 is 66.8 Å². The predicted octanol–water partition coefficient (Wildman–Crippen LogP) is 6.86. The highest BCUT2D eigenvalue weighted by Crippen LogP contribution is 2.42. The van der Waals surface area contributed by atoms with Crippen molar-refractivity contribution in [1.29, 1.82) is 0 Å². The summed E-state index contributed by atoms with van der Waals surface area (Å²) in [7, 11) is 2.48. The van der Waals surface area contributed by atoms with Gasteiger partial charge in [-0.1, -0.05) is 58.0 Å². The number of methoxy groups -OCH3 is 1. The van der Waals surface area contributed by atoms with Crippen molar-refractivity contribution in [2.75, 3.05) is 27.2 Å². The minimum atomic E-state index is -3.19. The van der Waals surface area contributed by atoms with Crippen LogP contribution in [0.15, 0.2) is 54.9 Å². The molecule has 17 heteroatoms. The molecule has 0 radical (unpaired) electrons. The van der Waals surface area contributed by atoms with Gasteiger partial charge in [-0.25, -0.2) is 32.7 Å². The summed E-state index contributed by atoms with van der Waals surface area (Å²) in [6.45, 7) is 6.62. The van der Waals surface area contributed by atoms with Gasteiger partial charge in [0.05, 0.1) is 37.1 Å². The second-order valence-electron chi connectivity index (χ2n) is 15.3. The zero-order valence-corrected chi connectivity index (χ0v) is 32.6. The summed E-state index contributed by atoms with van der Waals surface area (Å²) in [6, 6.07) is 8.50. The van der Waals surface area contributed by atoms with Crippen LogP contribution in [0.3, 0.4) is 0 Å². The number of halogens is 3. The van der Waals surface area contributed by atoms with Gasteiger partial charge in [-0.05, 0) is 47.9 Å². The van der Waals surface area contributed by atoms with Crippen LogP contribution in [-0.4, -0.2) is 109 Å². The molecule has 2 fully saturated rings. The lowest BCUT2D eigenvalue weighted by Gasteiger charge is -2.33. The number of imidazole rings is 2. The molecule has 4 N–H and O–H groups in total. The highest BCUT2D eigenvalue weighted by molar-refractivity contribution is 5.87. The summed E-state index contributed by atoms with van der Waals surface area (Å²) < 4.78 is 49.9. The first-order valence-electron chi connectivity index (χ1n) is 18.8. The number of hydrogen-bond acceptors (Lipinski definition) is 7. The van der Waals surface area contributed by atoms with Crippen LogP contribution in [-0.2, 0) is 14.3 Å². The standard InChI is InChI=1S/C40H47F3N8O6/c1-21(2)32(48-38(54)57-6)36(52)50-15-7-8-30(50)34-45-19-29(47-34)26-14-13-25(16-27(26)41)23-9-11-24(12-10-23)28-18-44-35(46-28)31-17-40(42,43)20-51(31)37(53)33(22(3)4)49(5)39(55)56/h9-14,16,18-19,21-22,30-33H,7-8,15,17,20H2,1-6H3,(H,44,46)(H,45,47)(H,48,54)(H,55,56)/t30-,31-,32-,33-/m0/s1. The van der Waals surface area contributed by atoms with E-state index in [9.17, 15) is 33.1 Å². The fourth-order valence-electron chi connectivity index (χ4n) is 7.71. The molecule has 2 saturated heterocycles. The molecule has 304 valence electrons. The Bertz CT molecular complexity index is 2120. The van der Waals surface area contributed by atoms with E-state index in [1.807, 2.05) is 13.8 Å². The number of likely N-dealkylation sites (tertiary alicyclic amines) is 2. The van der Waals surface area contributed by atoms with Gasteiger partial charge in [0, 0.05) is 43.5 Å². The van der Waals surface area contributed by atoms with Gasteiger partial charge in [-0.2, -0.15) is 0 Å². The average molecular weight is 793 g/mol. The first-order valence-corrected chi connectivity index (χ1v) is 18.8. The Balaban J connectivity index is 1.16. The van der Waals surface area contributed by atoms with Crippen molar-refractivity contribution in [3.05, 3.63) is 72.3 Å². The summed E-state index contributed by atoms with van der Waals surface area (Å²) in [5.41, 5.74) is 3.04. The molecule has 0 spiro atoms. The fourth-order valence-corrected chi connectivity index (χ4v) is 7.71. The molecule has 4 aromatic rings. The molecule has 0 saturated carbocycles. The highest BCUT2D eigenvalue weighted by Gasteiger charge is 2.51. The Morgan fingerprint density at radius 2 is 1.51 bits per heavy atom. The van der Waals surface area contributed by atoms with Crippen molar-refractivity contribution >= 4 is 24.0 Å². The van der Waals surface area contributed by atoms with E-state index in [1.165, 1.54) is 20.2 Å². The number of aromatic amines is 2. The number of carboxylic acid groups (broad SMARTS) is 1. The monoisotopic (exact) mass is 792 g/mol. The second-order valence-corrected chi connectivity index (χ2v) is 15.3. The number of carbonyl (C=O) groups excluding carboxylic acids is 3. The van der Waals surface area contributed by atoms with Crippen LogP contribution in [0.2, 0.25) is 0 Å². The summed E-state index contributed by atoms with van der Waals surface area (Å²) in [4.78, 5) is 69.5. The highest BCUT2D eigenvalue weighted by atomic mass is 19.3. The molecule has 4 atom stereocenters. The maximum absolute atomic E-state index is 15.7. The van der Waals surface area contributed by atoms with Gasteiger partial charge in [0.15, 0.2) is 0 Å². The topological polar surface area (TPSA) is 177 Å². The van der Waals surface area contributed by atoms with Crippen LogP contribution in [0.4, 0.5) is 22.8 Å². The Morgan fingerprint density at radius 1 is 0.895 bits per heavy atom. The minimum absolute atomic E-state index is 0.154. The normalized spacial score (nSPS) is 18.9. The van der Waals surface area contributed by atoms with E-state index in [2.05, 4.69) is 25.3 Å². The van der Waals surface area contributed by atoms with Crippen LogP contribution in [0.1, 0.15) is 70.7 Å². The molecular formula is C40H47F3N8O6. The first-order chi connectivity index (χ1) is 27.0. The molecule has 4 amide bonds. The first kappa shape index (κ1) is 40.8. The number of aromatic nitrogens is 4. The van der Waals surface area contributed by atoms with Crippen molar-refractivity contribution in [1.82, 2.24) is 40.0 Å². The van der Waals surface area contributed by atoms with Gasteiger partial charge < -0.3 is 34.9 Å². The number of alkyl halides is 2. The number of rotatable bonds is 11. The molecule has 4 heterocycles. The molecule has 6 rings (SSSR count). The van der Waals surface area contributed by atoms with Crippen LogP contribution in [0.5, 0.6) is 0 Å². The SMILES string of the molecule is COC(=O)N[C@H](C(=O)N1CCC[C@H]1c1nc(-c2ccc(-c3ccc(-c4c[nH]c([C@@H]5CC(F)(F)CN5C(=O)[C@H](C(C)C)N(C)C(=O)O)n4)cc3)cc2F)c[nH]1)C(C)C. The van der Waals surface area contributed by atoms with Crippen molar-refractivity contribution in [3.63, 3.8) is 0 Å². The van der Waals surface area contributed by atoms with Gasteiger partial charge in [0.25, 0.3) is 5.92 Å². The summed E-state index contributed by atoms with van der Waals surface area (Å²) in [5.74, 6) is -4.63. The number of carbonyl (C=O) groups is 4. The number of nitrogens with one attached hydrogen (secondary N) is 3. The lowest BCUT2D eigenvalue weighted by atomic mass is 10.0. The zero-order valence-electron chi connectivity index (χ0n) is 32.6. The smallest absolute Gasteiger partial charge is 0.407 e. The number of benzene rings is 2. The molecular weight excluding hydrogens is 745 g/mol. The van der Waals surface area contributed by atoms with Gasteiger partial charge in [0.1, 0.15) is 29.5 Å². The largest absolute Gasteiger partial charge is 0.465 e. The second kappa shape index (κ2) is 16.3. The molecule has 57 heavy (non-hydrogen) atoms. The quantitative estimate of drug-likeness (QED) is 0.127. The van der Waals surface area contributed by atoms with Gasteiger partial charge >= 0.3 is 12.2 Å². The predicted molar refractivity (Wildman–Crippen MR) is 203 cm³/mol. The summed E-state index contributed by atoms with van der Waals surface area (Å²) in [6.07, 6.45) is 1.86. The van der Waals surface area contributed by atoms with Crippen molar-refractivity contribution < 1.29 is 42.2 Å². The van der Waals surface area contributed by atoms with E-state index in [0.29, 0.717) is 46.9 Å². The number of likely N-dealkylation sites (N-methyl/N-ethyl adjacent to an activating group) is 1. The number of amides is 4. The third-order valence-electron chi connectivity index (χ3n) is 10.7. The minimum Gasteiger partial charge on any atom is -0.465 e. The van der Waals surface area contributed by atoms with E-state index in [-0.39, 0.29) is 29.3 Å². The third-order valence-corrected chi connectivity index (χ3v) is 10.7. The van der Waals surface area contributed by atoms with Crippen LogP contribution in [0.25, 0.3) is 33.6 Å². The van der Waals surface area contributed by atoms with Gasteiger partial charge in [-0.3, -0.25) is 14.5 Å². The maximum atomic E-state index is 15.7. The number of hydrogen-bond donors (Lipinski definition) is 4. The maximum Gasteiger partial charge on any atom is 0.407 e. The third kappa shape index (κ3) is 8.46. The van der Waals surface area contributed by atoms with Gasteiger partial charge in [0.2, 0.25) is 11.8 Å². The molecule has 0 aliphatic carbocycles. The molecule has 2 aromatic carbocycles. The van der Waals surface area contributed by atoms with Gasteiger partial charge in [-0.15, -0.1) is 0 Å². The lowest BCUT2D eigenvalue weighted by molar-refractivity contribution is -0.139. The molecule has 2 aromatic heterocycles. The Morgan fingerprint density at radius 3 is 2.12 bits per heavy atom. The molecule has 2 aliphatic heterocycles. The zero-order chi connectivity index (χ0) is 41.3. The molecule has 0 bridgehead atoms. The fraction of sp³-hybridized carbons (Fsp3) is 0.450. The number of nitrogens with zero attached hydrogens (tertiary/aromatic N) is 5. The van der Waals surface area contributed by atoms with Crippen molar-refractivity contribution in [2.45, 2.75) is 77.0 Å². The van der Waals surface area contributed by atoms with E-state index in [1.54, 1.807) is 67.5 Å². The summed E-state index contributed by atoms with van der Waals surface area (Å²) >= 11 is 0. The number of ether oxygens (including phenoxy) is 1. The molecule has 2 aliphatic rings. The van der Waals surface area contributed by atoms with E-state index in [0.717, 1.165) is 16.2 Å². The molecule has 14 nitrogen and oxygen atoms in total. The van der Waals surface area contributed by atoms with E-state index in [4.69, 9.17) is 4.74 Å².